The molecule has 8 aromatic rings. The van der Waals surface area contributed by atoms with Crippen LogP contribution in [0.1, 0.15) is 25.0 Å². The molecule has 0 N–H and O–H groups in total. The van der Waals surface area contributed by atoms with Gasteiger partial charge in [-0.05, 0) is 58.0 Å². The van der Waals surface area contributed by atoms with Crippen molar-refractivity contribution in [3.8, 4) is 34.0 Å². The number of para-hydroxylation sites is 3. The van der Waals surface area contributed by atoms with Crippen LogP contribution in [0.5, 0.6) is 11.5 Å². The zero-order valence-corrected chi connectivity index (χ0v) is 31.2. The number of imidazole rings is 1. The molecular weight excluding hydrogens is 832 g/mol. The molecule has 2 aromatic heterocycles. The molecule has 3 aliphatic heterocycles. The van der Waals surface area contributed by atoms with Crippen molar-refractivity contribution in [2.75, 3.05) is 9.62 Å². The maximum absolute atomic E-state index is 6.68. The quantitative estimate of drug-likeness (QED) is 0.101. The number of anilines is 4. The fourth-order valence-corrected chi connectivity index (χ4v) is 8.48. The zero-order valence-electron chi connectivity index (χ0n) is 28.9. The van der Waals surface area contributed by atoms with Gasteiger partial charge < -0.3 is 18.9 Å². The van der Waals surface area contributed by atoms with Crippen molar-refractivity contribution < 1.29 is 30.4 Å². The Bertz CT molecular complexity index is 2730. The van der Waals surface area contributed by atoms with Gasteiger partial charge in [0.15, 0.2) is 0 Å². The molecule has 0 aliphatic carbocycles. The van der Waals surface area contributed by atoms with E-state index in [1.807, 2.05) is 36.5 Å². The smallest absolute Gasteiger partial charge is 0.409 e. The molecule has 6 nitrogen and oxygen atoms in total. The third-order valence-electron chi connectivity index (χ3n) is 10.8. The molecule has 0 saturated carbocycles. The van der Waals surface area contributed by atoms with Gasteiger partial charge in [0.2, 0.25) is 0 Å². The Labute approximate surface area is 322 Å². The van der Waals surface area contributed by atoms with E-state index in [2.05, 4.69) is 160 Å². The van der Waals surface area contributed by atoms with Crippen LogP contribution in [0.4, 0.5) is 22.9 Å². The van der Waals surface area contributed by atoms with Crippen LogP contribution in [0.2, 0.25) is 0 Å². The molecule has 256 valence electrons. The van der Waals surface area contributed by atoms with Gasteiger partial charge in [-0.25, -0.2) is 4.98 Å². The molecule has 0 amide bonds. The summed E-state index contributed by atoms with van der Waals surface area (Å²) in [5.41, 5.74) is 13.2. The normalized spacial score (nSPS) is 14.1. The predicted molar refractivity (Wildman–Crippen MR) is 206 cm³/mol. The van der Waals surface area contributed by atoms with Crippen molar-refractivity contribution >= 4 is 46.4 Å². The molecule has 0 radical (unpaired) electrons. The van der Waals surface area contributed by atoms with Crippen LogP contribution in [0.15, 0.2) is 146 Å². The SMILES string of the molecule is CC1(C)c2ccc(Oc3[c-]c4c(cc3)N3B(c5ccccc5-c5ccccc53)N4c3ccccn3)[c-]c2-n2[c-][n+](-c3ccccc3)c3cccc1c32.[Pt]. The minimum Gasteiger partial charge on any atom is -0.510 e. The average Bonchev–Trinajstić information content (AvgIpc) is 3.75. The van der Waals surface area contributed by atoms with Gasteiger partial charge in [0.05, 0.1) is 16.7 Å². The van der Waals surface area contributed by atoms with Crippen molar-refractivity contribution in [3.05, 3.63) is 175 Å². The minimum atomic E-state index is -0.249. The Hall–Kier alpha value is -5.91. The van der Waals surface area contributed by atoms with Crippen molar-refractivity contribution in [2.45, 2.75) is 19.3 Å². The number of fused-ring (bicyclic) bond motifs is 10. The Balaban J connectivity index is 0.00000349. The first-order valence-corrected chi connectivity index (χ1v) is 17.6. The Kier molecular flexibility index (Phi) is 7.08. The topological polar surface area (TPSA) is 37.4 Å². The third kappa shape index (κ3) is 4.57. The van der Waals surface area contributed by atoms with E-state index in [-0.39, 0.29) is 33.5 Å². The molecule has 11 rings (SSSR count). The number of rotatable bonds is 4. The van der Waals surface area contributed by atoms with Crippen molar-refractivity contribution in [3.63, 3.8) is 0 Å². The second kappa shape index (κ2) is 11.8. The number of benzene rings is 6. The molecule has 0 fully saturated rings. The first-order chi connectivity index (χ1) is 25.6. The Morgan fingerprint density at radius 3 is 2.21 bits per heavy atom. The molecule has 0 atom stereocenters. The van der Waals surface area contributed by atoms with E-state index < -0.39 is 0 Å². The van der Waals surface area contributed by atoms with Crippen LogP contribution in [0.3, 0.4) is 0 Å². The standard InChI is InChI=1S/C45H30BN5O.Pt/c1-45(2)35-24-22-31(27-41(35)49-29-48(30-13-4-3-5-14-30)40-20-12-17-36(45)44(40)49)52-32-23-25-39-42(28-32)51(43-21-10-11-26-47-43)46-37-18-8-6-15-33(37)34-16-7-9-19-38(34)50(39)46;/h3-26H,1-2H3;/q-2;. The molecule has 5 heterocycles. The summed E-state index contributed by atoms with van der Waals surface area (Å²) in [7, 11) is 0. The van der Waals surface area contributed by atoms with Gasteiger partial charge in [-0.1, -0.05) is 110 Å². The Morgan fingerprint density at radius 1 is 0.642 bits per heavy atom. The molecule has 0 unspecified atom stereocenters. The minimum absolute atomic E-state index is 0. The van der Waals surface area contributed by atoms with Gasteiger partial charge in [-0.3, -0.25) is 4.57 Å². The molecule has 8 heteroatoms. The summed E-state index contributed by atoms with van der Waals surface area (Å²) in [6.07, 6.45) is 5.50. The summed E-state index contributed by atoms with van der Waals surface area (Å²) in [4.78, 5) is 9.52. The van der Waals surface area contributed by atoms with Crippen molar-refractivity contribution in [2.24, 2.45) is 0 Å². The molecule has 6 aromatic carbocycles. The summed E-state index contributed by atoms with van der Waals surface area (Å²) in [6, 6.07) is 56.0. The summed E-state index contributed by atoms with van der Waals surface area (Å²) in [5.74, 6) is 2.06. The summed E-state index contributed by atoms with van der Waals surface area (Å²) >= 11 is 0. The van der Waals surface area contributed by atoms with E-state index in [9.17, 15) is 0 Å². The first-order valence-electron chi connectivity index (χ1n) is 17.6. The van der Waals surface area contributed by atoms with E-state index in [1.165, 1.54) is 27.7 Å². The number of nitrogens with zero attached hydrogens (tertiary/aromatic N) is 5. The average molecular weight is 863 g/mol. The first kappa shape index (κ1) is 31.8. The predicted octanol–water partition coefficient (Wildman–Crippen LogP) is 8.80. The van der Waals surface area contributed by atoms with Gasteiger partial charge in [-0.2, -0.15) is 6.07 Å². The van der Waals surface area contributed by atoms with Crippen molar-refractivity contribution in [1.82, 2.24) is 9.55 Å². The van der Waals surface area contributed by atoms with Gasteiger partial charge in [-0.15, -0.1) is 35.9 Å². The summed E-state index contributed by atoms with van der Waals surface area (Å²) in [6.45, 7) is 4.43. The molecular formula is C45H30BN5OPt-2. The molecule has 0 saturated heterocycles. The van der Waals surface area contributed by atoms with E-state index in [1.54, 1.807) is 0 Å². The molecule has 3 aliphatic rings. The Morgan fingerprint density at radius 2 is 1.38 bits per heavy atom. The number of pyridine rings is 1. The van der Waals surface area contributed by atoms with Gasteiger partial charge in [0.1, 0.15) is 5.82 Å². The van der Waals surface area contributed by atoms with Gasteiger partial charge >= 0.3 is 6.98 Å². The molecule has 0 spiro atoms. The number of ether oxygens (including phenoxy) is 1. The van der Waals surface area contributed by atoms with Gasteiger partial charge in [0, 0.05) is 50.0 Å². The van der Waals surface area contributed by atoms with Gasteiger partial charge in [0.25, 0.3) is 6.33 Å². The van der Waals surface area contributed by atoms with Crippen LogP contribution in [-0.4, -0.2) is 16.5 Å². The van der Waals surface area contributed by atoms with E-state index >= 15 is 0 Å². The van der Waals surface area contributed by atoms with E-state index in [0.29, 0.717) is 11.5 Å². The monoisotopic (exact) mass is 862 g/mol. The largest absolute Gasteiger partial charge is 0.510 e. The third-order valence-corrected chi connectivity index (χ3v) is 10.8. The zero-order chi connectivity index (χ0) is 34.6. The van der Waals surface area contributed by atoms with Crippen LogP contribution in [0.25, 0.3) is 33.5 Å². The number of aromatic nitrogens is 3. The molecule has 53 heavy (non-hydrogen) atoms. The fourth-order valence-electron chi connectivity index (χ4n) is 8.48. The second-order valence-corrected chi connectivity index (χ2v) is 14.1. The summed E-state index contributed by atoms with van der Waals surface area (Å²) in [5, 5.41) is 0. The van der Waals surface area contributed by atoms with E-state index in [4.69, 9.17) is 9.72 Å². The van der Waals surface area contributed by atoms with Crippen molar-refractivity contribution in [1.29, 1.82) is 0 Å². The van der Waals surface area contributed by atoms with Crippen LogP contribution in [0, 0.1) is 18.5 Å². The number of hydrogen-bond acceptors (Lipinski definition) is 4. The van der Waals surface area contributed by atoms with Crippen LogP contribution < -0.4 is 24.4 Å². The van der Waals surface area contributed by atoms with Crippen LogP contribution >= 0.6 is 0 Å². The maximum Gasteiger partial charge on any atom is 0.409 e. The summed E-state index contributed by atoms with van der Waals surface area (Å²) < 4.78 is 11.0. The maximum atomic E-state index is 6.68. The fraction of sp³-hybridized carbons (Fsp3) is 0.0667. The number of hydrogen-bond donors (Lipinski definition) is 0. The van der Waals surface area contributed by atoms with Crippen LogP contribution in [-0.2, 0) is 26.5 Å². The molecule has 0 bridgehead atoms. The van der Waals surface area contributed by atoms with E-state index in [0.717, 1.165) is 45.3 Å². The second-order valence-electron chi connectivity index (χ2n) is 14.1.